The van der Waals surface area contributed by atoms with Gasteiger partial charge in [0.25, 0.3) is 5.91 Å². The van der Waals surface area contributed by atoms with Crippen molar-refractivity contribution in [2.24, 2.45) is 5.73 Å². The van der Waals surface area contributed by atoms with Gasteiger partial charge >= 0.3 is 5.97 Å². The van der Waals surface area contributed by atoms with Gasteiger partial charge in [-0.15, -0.1) is 0 Å². The van der Waals surface area contributed by atoms with Crippen LogP contribution in [0.3, 0.4) is 0 Å². The molecule has 0 spiro atoms. The molecule has 0 atom stereocenters. The Balaban J connectivity index is 1.97. The van der Waals surface area contributed by atoms with E-state index in [2.05, 4.69) is 0 Å². The average molecular weight is 376 g/mol. The topological polar surface area (TPSA) is 89.7 Å². The Labute approximate surface area is 154 Å². The van der Waals surface area contributed by atoms with Crippen LogP contribution in [0.25, 0.3) is 0 Å². The zero-order valence-electron chi connectivity index (χ0n) is 14.4. The lowest BCUT2D eigenvalue weighted by molar-refractivity contribution is -0.147. The summed E-state index contributed by atoms with van der Waals surface area (Å²) in [7, 11) is 0. The van der Waals surface area contributed by atoms with Crippen LogP contribution in [-0.2, 0) is 25.5 Å². The van der Waals surface area contributed by atoms with Crippen LogP contribution >= 0.6 is 0 Å². The zero-order valence-corrected chi connectivity index (χ0v) is 14.4. The number of carbonyl (C=O) groups is 3. The highest BCUT2D eigenvalue weighted by Crippen LogP contribution is 2.16. The lowest BCUT2D eigenvalue weighted by Gasteiger charge is -2.22. The van der Waals surface area contributed by atoms with Gasteiger partial charge in [-0.25, -0.2) is 8.78 Å². The summed E-state index contributed by atoms with van der Waals surface area (Å²) in [6, 6.07) is 10.4. The number of hydrogen-bond acceptors (Lipinski definition) is 4. The van der Waals surface area contributed by atoms with Crippen LogP contribution in [0.15, 0.2) is 48.5 Å². The molecule has 0 radical (unpaired) electrons. The van der Waals surface area contributed by atoms with E-state index in [0.29, 0.717) is 11.3 Å². The highest BCUT2D eigenvalue weighted by molar-refractivity contribution is 5.95. The third kappa shape index (κ3) is 6.50. The molecule has 6 nitrogen and oxygen atoms in total. The van der Waals surface area contributed by atoms with Crippen LogP contribution < -0.4 is 10.6 Å². The van der Waals surface area contributed by atoms with E-state index in [1.165, 1.54) is 53.4 Å². The van der Waals surface area contributed by atoms with Crippen molar-refractivity contribution in [1.29, 1.82) is 0 Å². The molecule has 8 heteroatoms. The van der Waals surface area contributed by atoms with Crippen LogP contribution in [0.4, 0.5) is 14.5 Å². The van der Waals surface area contributed by atoms with Crippen LogP contribution in [-0.4, -0.2) is 30.9 Å². The maximum absolute atomic E-state index is 13.1. The average Bonchev–Trinajstić information content (AvgIpc) is 2.63. The van der Waals surface area contributed by atoms with E-state index in [1.807, 2.05) is 0 Å². The molecule has 2 rings (SSSR count). The van der Waals surface area contributed by atoms with Crippen LogP contribution in [0.5, 0.6) is 0 Å². The molecule has 0 aliphatic rings. The zero-order chi connectivity index (χ0) is 19.8. The molecule has 0 bridgehead atoms. The second-order valence-electron chi connectivity index (χ2n) is 5.70. The SMILES string of the molecule is NC(=O)CCN(C(=O)COC(=O)Cc1ccc(F)cc1)c1ccc(F)cc1. The Bertz CT molecular complexity index is 807. The summed E-state index contributed by atoms with van der Waals surface area (Å²) in [6.07, 6.45) is -0.224. The largest absolute Gasteiger partial charge is 0.455 e. The van der Waals surface area contributed by atoms with Gasteiger partial charge in [0, 0.05) is 18.7 Å². The third-order valence-corrected chi connectivity index (χ3v) is 3.64. The number of rotatable bonds is 8. The van der Waals surface area contributed by atoms with Crippen molar-refractivity contribution >= 4 is 23.5 Å². The lowest BCUT2D eigenvalue weighted by Crippen LogP contribution is -2.37. The van der Waals surface area contributed by atoms with Crippen LogP contribution in [0, 0.1) is 11.6 Å². The molecule has 2 aromatic rings. The van der Waals surface area contributed by atoms with E-state index in [4.69, 9.17) is 10.5 Å². The van der Waals surface area contributed by atoms with E-state index in [-0.39, 0.29) is 19.4 Å². The smallest absolute Gasteiger partial charge is 0.310 e. The van der Waals surface area contributed by atoms with E-state index < -0.39 is 36.0 Å². The molecule has 2 N–H and O–H groups in total. The summed E-state index contributed by atoms with van der Waals surface area (Å²) >= 11 is 0. The van der Waals surface area contributed by atoms with Gasteiger partial charge in [-0.1, -0.05) is 12.1 Å². The number of benzene rings is 2. The lowest BCUT2D eigenvalue weighted by atomic mass is 10.1. The van der Waals surface area contributed by atoms with E-state index in [9.17, 15) is 23.2 Å². The molecule has 27 heavy (non-hydrogen) atoms. The first-order valence-corrected chi connectivity index (χ1v) is 8.09. The number of halogens is 2. The number of esters is 1. The summed E-state index contributed by atoms with van der Waals surface area (Å²) in [5, 5.41) is 0. The maximum atomic E-state index is 13.1. The number of carbonyl (C=O) groups excluding carboxylic acids is 3. The fraction of sp³-hybridized carbons (Fsp3) is 0.211. The first kappa shape index (κ1) is 20.0. The fourth-order valence-electron chi connectivity index (χ4n) is 2.28. The number of ether oxygens (including phenoxy) is 1. The minimum Gasteiger partial charge on any atom is -0.455 e. The molecule has 0 heterocycles. The molecular formula is C19H18F2N2O4. The molecule has 2 amide bonds. The summed E-state index contributed by atoms with van der Waals surface area (Å²) in [6.45, 7) is -0.592. The predicted molar refractivity (Wildman–Crippen MR) is 93.6 cm³/mol. The number of primary amides is 1. The van der Waals surface area contributed by atoms with Crippen molar-refractivity contribution < 1.29 is 27.9 Å². The molecular weight excluding hydrogens is 358 g/mol. The highest BCUT2D eigenvalue weighted by atomic mass is 19.1. The molecule has 0 saturated heterocycles. The summed E-state index contributed by atoms with van der Waals surface area (Å²) < 4.78 is 30.9. The Kier molecular flexibility index (Phi) is 6.99. The predicted octanol–water partition coefficient (Wildman–Crippen LogP) is 1.96. The highest BCUT2D eigenvalue weighted by Gasteiger charge is 2.18. The first-order valence-electron chi connectivity index (χ1n) is 8.09. The van der Waals surface area contributed by atoms with Crippen molar-refractivity contribution in [3.8, 4) is 0 Å². The summed E-state index contributed by atoms with van der Waals surface area (Å²) in [5.74, 6) is -2.76. The Morgan fingerprint density at radius 2 is 1.48 bits per heavy atom. The van der Waals surface area contributed by atoms with Gasteiger partial charge in [0.1, 0.15) is 11.6 Å². The second-order valence-corrected chi connectivity index (χ2v) is 5.70. The number of amides is 2. The third-order valence-electron chi connectivity index (χ3n) is 3.64. The fourth-order valence-corrected chi connectivity index (χ4v) is 2.28. The van der Waals surface area contributed by atoms with Gasteiger partial charge in [0.15, 0.2) is 6.61 Å². The second kappa shape index (κ2) is 9.42. The van der Waals surface area contributed by atoms with E-state index in [1.54, 1.807) is 0 Å². The van der Waals surface area contributed by atoms with E-state index >= 15 is 0 Å². The standard InChI is InChI=1S/C19H18F2N2O4/c20-14-3-1-13(2-4-14)11-19(26)27-12-18(25)23(10-9-17(22)24)16-7-5-15(21)6-8-16/h1-8H,9-12H2,(H2,22,24). The van der Waals surface area contributed by atoms with Gasteiger partial charge in [0.05, 0.1) is 6.42 Å². The number of hydrogen-bond donors (Lipinski definition) is 1. The van der Waals surface area contributed by atoms with Crippen LogP contribution in [0.2, 0.25) is 0 Å². The van der Waals surface area contributed by atoms with Crippen molar-refractivity contribution in [1.82, 2.24) is 0 Å². The van der Waals surface area contributed by atoms with Crippen molar-refractivity contribution in [3.63, 3.8) is 0 Å². The Hall–Kier alpha value is -3.29. The van der Waals surface area contributed by atoms with Crippen molar-refractivity contribution in [3.05, 3.63) is 65.7 Å². The molecule has 0 aliphatic heterocycles. The molecule has 2 aromatic carbocycles. The van der Waals surface area contributed by atoms with Crippen LogP contribution in [0.1, 0.15) is 12.0 Å². The maximum Gasteiger partial charge on any atom is 0.310 e. The first-order chi connectivity index (χ1) is 12.8. The minimum atomic E-state index is -0.663. The molecule has 0 unspecified atom stereocenters. The van der Waals surface area contributed by atoms with Gasteiger partial charge in [-0.2, -0.15) is 0 Å². The van der Waals surface area contributed by atoms with Gasteiger partial charge < -0.3 is 15.4 Å². The van der Waals surface area contributed by atoms with Gasteiger partial charge in [-0.3, -0.25) is 14.4 Å². The molecule has 0 fully saturated rings. The molecule has 0 saturated carbocycles. The Morgan fingerprint density at radius 3 is 2.04 bits per heavy atom. The molecule has 0 aromatic heterocycles. The number of nitrogens with two attached hydrogens (primary N) is 1. The minimum absolute atomic E-state index is 0.0324. The molecule has 142 valence electrons. The van der Waals surface area contributed by atoms with Gasteiger partial charge in [-0.05, 0) is 42.0 Å². The molecule has 0 aliphatic carbocycles. The van der Waals surface area contributed by atoms with Gasteiger partial charge in [0.2, 0.25) is 5.91 Å². The summed E-state index contributed by atoms with van der Waals surface area (Å²) in [5.41, 5.74) is 6.00. The monoisotopic (exact) mass is 376 g/mol. The Morgan fingerprint density at radius 1 is 0.926 bits per heavy atom. The number of nitrogens with zero attached hydrogens (tertiary/aromatic N) is 1. The quantitative estimate of drug-likeness (QED) is 0.713. The normalized spacial score (nSPS) is 10.3. The van der Waals surface area contributed by atoms with E-state index in [0.717, 1.165) is 0 Å². The van der Waals surface area contributed by atoms with Crippen molar-refractivity contribution in [2.75, 3.05) is 18.1 Å². The summed E-state index contributed by atoms with van der Waals surface area (Å²) in [4.78, 5) is 36.5. The number of anilines is 1. The van der Waals surface area contributed by atoms with Crippen molar-refractivity contribution in [2.45, 2.75) is 12.8 Å².